The van der Waals surface area contributed by atoms with Gasteiger partial charge in [-0.25, -0.2) is 18.1 Å². The number of aromatic amines is 1. The summed E-state index contributed by atoms with van der Waals surface area (Å²) in [6.45, 7) is 15.1. The SMILES string of the molecule is CC(C)Oc1ccccc1[C@H]1CN([C@H]2CCOc3cc(N4CCOCC4)ncc32)CCN1C1CC2(CCN(c3ccc(C(=O)NS(=O)(=O)c4ccc(NC[C@H]5CC[C@](C)(O)CC5)c([N+](=O)[O-])c4)c(N4c5cc6cc[nH]c6nc5O[C@H]5COCC[C@@H]54)c3)CC2)C1. The monoisotopic (exact) mass is 1240 g/mol. The van der Waals surface area contributed by atoms with Gasteiger partial charge in [-0.1, -0.05) is 18.2 Å². The molecule has 0 radical (unpaired) electrons. The molecule has 6 aliphatic heterocycles. The zero-order valence-electron chi connectivity index (χ0n) is 51.0. The highest BCUT2D eigenvalue weighted by atomic mass is 32.2. The number of pyridine rings is 2. The summed E-state index contributed by atoms with van der Waals surface area (Å²) in [5, 5.41) is 26.9. The number of anilines is 5. The Labute approximate surface area is 519 Å². The number of piperazine rings is 1. The summed E-state index contributed by atoms with van der Waals surface area (Å²) in [5.41, 5.74) is 4.30. The van der Waals surface area contributed by atoms with Crippen molar-refractivity contribution in [2.45, 2.75) is 132 Å². The van der Waals surface area contributed by atoms with Crippen LogP contribution in [0.25, 0.3) is 11.0 Å². The number of ether oxygens (including phenoxy) is 5. The number of aromatic nitrogens is 3. The number of carbonyl (C=O) groups excluding carboxylic acids is 1. The fourth-order valence-electron chi connectivity index (χ4n) is 15.4. The number of nitro groups is 1. The van der Waals surface area contributed by atoms with Crippen LogP contribution in [0.3, 0.4) is 0 Å². The molecule has 89 heavy (non-hydrogen) atoms. The molecule has 6 aromatic rings. The lowest BCUT2D eigenvalue weighted by atomic mass is 9.59. The molecule has 22 nitrogen and oxygen atoms in total. The first kappa shape index (κ1) is 59.3. The number of rotatable bonds is 15. The van der Waals surface area contributed by atoms with Crippen LogP contribution in [0.2, 0.25) is 0 Å². The van der Waals surface area contributed by atoms with Gasteiger partial charge < -0.3 is 53.8 Å². The Balaban J connectivity index is 0.715. The van der Waals surface area contributed by atoms with E-state index < -0.39 is 43.1 Å². The molecule has 1 amide bonds. The van der Waals surface area contributed by atoms with Gasteiger partial charge in [-0.05, 0) is 138 Å². The molecule has 4 N–H and O–H groups in total. The highest BCUT2D eigenvalue weighted by Gasteiger charge is 2.51. The zero-order chi connectivity index (χ0) is 61.2. The molecular formula is C66H81N11O11S. The highest BCUT2D eigenvalue weighted by molar-refractivity contribution is 7.90. The molecule has 3 aromatic heterocycles. The highest BCUT2D eigenvalue weighted by Crippen LogP contribution is 2.55. The first-order valence-corrected chi connectivity index (χ1v) is 33.5. The van der Waals surface area contributed by atoms with Gasteiger partial charge in [0, 0.05) is 124 Å². The van der Waals surface area contributed by atoms with E-state index in [1.54, 1.807) is 6.07 Å². The molecule has 0 bridgehead atoms. The summed E-state index contributed by atoms with van der Waals surface area (Å²) in [7, 11) is -4.66. The number of carbonyl (C=O) groups is 1. The summed E-state index contributed by atoms with van der Waals surface area (Å²) in [6, 6.07) is 24.3. The molecule has 4 atom stereocenters. The van der Waals surface area contributed by atoms with E-state index in [4.69, 9.17) is 33.7 Å². The van der Waals surface area contributed by atoms with Crippen molar-refractivity contribution in [1.29, 1.82) is 0 Å². The van der Waals surface area contributed by atoms with Gasteiger partial charge in [-0.15, -0.1) is 0 Å². The summed E-state index contributed by atoms with van der Waals surface area (Å²) in [6.07, 6.45) is 11.8. The third-order valence-corrected chi connectivity index (χ3v) is 21.6. The van der Waals surface area contributed by atoms with Gasteiger partial charge in [0.05, 0.1) is 71.3 Å². The Kier molecular flexibility index (Phi) is 16.1. The maximum atomic E-state index is 14.9. The molecule has 2 saturated carbocycles. The van der Waals surface area contributed by atoms with E-state index in [-0.39, 0.29) is 53.4 Å². The number of H-pyrrole nitrogens is 1. The average Bonchev–Trinajstić information content (AvgIpc) is 1.47. The van der Waals surface area contributed by atoms with E-state index in [1.165, 1.54) is 17.7 Å². The molecule has 4 saturated heterocycles. The standard InChI is InChI=1S/C66H81N11O11S/c1-42(2)87-58-7-5-4-6-48(58)57-40-74(52-16-29-86-59-35-61(69-39-50(52)59)73-26-30-84-31-27-73)24-25-75(57)46-36-66(37-46)19-22-72(23-20-66)45-8-10-49(54(33-45)76-53-15-28-85-41-60(53)88-64-56(76)32-44-14-21-67-62(44)70-64)63(78)71-89(82,83)47-9-11-51(55(34-47)77(80)81)68-38-43-12-17-65(3,79)18-13-43/h4-11,14,21,32-35,39,42-43,46,52-53,57,60,68,79H,12-13,15-20,22-31,36-38,40-41H2,1-3H3,(H,67,70)(H,71,78)/t43-,52-,53-,57+,60-,65-/m0/s1. The van der Waals surface area contributed by atoms with Crippen molar-refractivity contribution in [3.63, 3.8) is 0 Å². The lowest BCUT2D eigenvalue weighted by Gasteiger charge is -2.58. The predicted octanol–water partition coefficient (Wildman–Crippen LogP) is 9.28. The number of nitrogens with one attached hydrogen (secondary N) is 3. The number of morpholine rings is 1. The van der Waals surface area contributed by atoms with Gasteiger partial charge in [-0.2, -0.15) is 4.98 Å². The molecule has 23 heteroatoms. The van der Waals surface area contributed by atoms with Crippen LogP contribution in [0.4, 0.5) is 34.3 Å². The Bertz CT molecular complexity index is 3720. The summed E-state index contributed by atoms with van der Waals surface area (Å²) in [5.74, 6) is 2.46. The van der Waals surface area contributed by atoms with Crippen LogP contribution < -0.4 is 38.9 Å². The molecular weight excluding hydrogens is 1150 g/mol. The second-order valence-electron chi connectivity index (χ2n) is 26.4. The van der Waals surface area contributed by atoms with Crippen LogP contribution >= 0.6 is 0 Å². The van der Waals surface area contributed by atoms with E-state index in [9.17, 15) is 28.4 Å². The average molecular weight is 1240 g/mol. The predicted molar refractivity (Wildman–Crippen MR) is 337 cm³/mol. The van der Waals surface area contributed by atoms with Gasteiger partial charge in [0.2, 0.25) is 5.88 Å². The number of aliphatic hydroxyl groups is 1. The quantitative estimate of drug-likeness (QED) is 0.0553. The van der Waals surface area contributed by atoms with Crippen molar-refractivity contribution in [2.75, 3.05) is 105 Å². The number of amides is 1. The molecule has 14 rings (SSSR count). The van der Waals surface area contributed by atoms with Gasteiger partial charge in [0.15, 0.2) is 0 Å². The van der Waals surface area contributed by atoms with Crippen molar-refractivity contribution in [2.24, 2.45) is 11.3 Å². The third-order valence-electron chi connectivity index (χ3n) is 20.3. The van der Waals surface area contributed by atoms with Crippen molar-refractivity contribution in [3.05, 3.63) is 118 Å². The van der Waals surface area contributed by atoms with Crippen molar-refractivity contribution >= 4 is 61.2 Å². The van der Waals surface area contributed by atoms with Crippen LogP contribution in [0.5, 0.6) is 17.4 Å². The molecule has 6 fully saturated rings. The smallest absolute Gasteiger partial charge is 0.293 e. The molecule has 9 heterocycles. The van der Waals surface area contributed by atoms with E-state index >= 15 is 0 Å². The van der Waals surface area contributed by atoms with Crippen molar-refractivity contribution in [3.8, 4) is 17.4 Å². The number of fused-ring (bicyclic) bond motifs is 4. The Morgan fingerprint density at radius 1 is 0.865 bits per heavy atom. The Morgan fingerprint density at radius 3 is 2.47 bits per heavy atom. The minimum absolute atomic E-state index is 0.0240. The number of hydrogen-bond acceptors (Lipinski definition) is 19. The van der Waals surface area contributed by atoms with Crippen LogP contribution in [0.1, 0.15) is 119 Å². The maximum absolute atomic E-state index is 14.9. The second-order valence-corrected chi connectivity index (χ2v) is 28.1. The van der Waals surface area contributed by atoms with Crippen LogP contribution in [0.15, 0.2) is 96.2 Å². The number of para-hydroxylation sites is 1. The lowest BCUT2D eigenvalue weighted by molar-refractivity contribution is -0.384. The van der Waals surface area contributed by atoms with Crippen LogP contribution in [-0.2, 0) is 19.5 Å². The topological polar surface area (TPSA) is 243 Å². The van der Waals surface area contributed by atoms with E-state index in [0.717, 1.165) is 131 Å². The lowest BCUT2D eigenvalue weighted by Crippen LogP contribution is -2.60. The molecule has 1 spiro atoms. The number of piperidine rings is 1. The van der Waals surface area contributed by atoms with Crippen molar-refractivity contribution < 1.29 is 46.9 Å². The Morgan fingerprint density at radius 2 is 1.67 bits per heavy atom. The maximum Gasteiger partial charge on any atom is 0.293 e. The van der Waals surface area contributed by atoms with Gasteiger partial charge in [0.1, 0.15) is 40.4 Å². The van der Waals surface area contributed by atoms with Crippen LogP contribution in [-0.4, -0.2) is 164 Å². The van der Waals surface area contributed by atoms with E-state index in [0.29, 0.717) is 81.2 Å². The van der Waals surface area contributed by atoms with Crippen LogP contribution in [0, 0.1) is 21.4 Å². The zero-order valence-corrected chi connectivity index (χ0v) is 51.8. The number of nitro benzene ring substituents is 1. The van der Waals surface area contributed by atoms with Crippen molar-refractivity contribution in [1.82, 2.24) is 29.5 Å². The van der Waals surface area contributed by atoms with Gasteiger partial charge in [-0.3, -0.25) is 24.7 Å². The fourth-order valence-corrected chi connectivity index (χ4v) is 16.4. The van der Waals surface area contributed by atoms with E-state index in [2.05, 4.69) is 89.9 Å². The molecule has 2 aliphatic carbocycles. The van der Waals surface area contributed by atoms with Gasteiger partial charge in [0.25, 0.3) is 21.6 Å². The summed E-state index contributed by atoms with van der Waals surface area (Å²) in [4.78, 5) is 51.6. The first-order valence-electron chi connectivity index (χ1n) is 32.0. The molecule has 472 valence electrons. The van der Waals surface area contributed by atoms with Gasteiger partial charge >= 0.3 is 0 Å². The second kappa shape index (κ2) is 24.2. The summed E-state index contributed by atoms with van der Waals surface area (Å²) < 4.78 is 62.1. The van der Waals surface area contributed by atoms with E-state index in [1.807, 2.05) is 37.4 Å². The third kappa shape index (κ3) is 11.9. The minimum Gasteiger partial charge on any atom is -0.493 e. The Hall–Kier alpha value is -7.28. The number of hydrogen-bond donors (Lipinski definition) is 4. The largest absolute Gasteiger partial charge is 0.493 e. The minimum atomic E-state index is -4.66. The molecule has 0 unspecified atom stereocenters. The normalized spacial score (nSPS) is 25.7. The number of sulfonamides is 1. The molecule has 8 aliphatic rings. The fraction of sp³-hybridized carbons (Fsp3) is 0.530. The molecule has 3 aromatic carbocycles. The summed E-state index contributed by atoms with van der Waals surface area (Å²) >= 11 is 0. The number of nitrogens with zero attached hydrogens (tertiary/aromatic N) is 8. The number of benzene rings is 3. The first-order chi connectivity index (χ1) is 43.0.